The van der Waals surface area contributed by atoms with E-state index in [1.165, 1.54) is 0 Å². The molecule has 1 N–H and O–H groups in total. The van der Waals surface area contributed by atoms with Gasteiger partial charge in [-0.05, 0) is 33.0 Å². The maximum Gasteiger partial charge on any atom is 0.0998 e. The van der Waals surface area contributed by atoms with Gasteiger partial charge in [0.05, 0.1) is 11.6 Å². The van der Waals surface area contributed by atoms with Crippen LogP contribution in [0.1, 0.15) is 19.4 Å². The standard InChI is InChI=1S/C17H21N3/c1-13(2)20(3)11-10-19-17-9-8-14(12-18)15-6-4-5-7-16(15)17/h4-9,13,19H,10-11H2,1-3H3. The molecule has 104 valence electrons. The molecule has 0 heterocycles. The highest BCUT2D eigenvalue weighted by Crippen LogP contribution is 2.26. The Hall–Kier alpha value is -2.05. The van der Waals surface area contributed by atoms with E-state index in [0.717, 1.165) is 35.1 Å². The second-order valence-corrected chi connectivity index (χ2v) is 5.32. The number of fused-ring (bicyclic) bond motifs is 1. The number of hydrogen-bond donors (Lipinski definition) is 1. The van der Waals surface area contributed by atoms with Crippen LogP contribution >= 0.6 is 0 Å². The Kier molecular flexibility index (Phi) is 4.60. The van der Waals surface area contributed by atoms with E-state index >= 15 is 0 Å². The Morgan fingerprint density at radius 1 is 1.15 bits per heavy atom. The lowest BCUT2D eigenvalue weighted by Gasteiger charge is -2.21. The van der Waals surface area contributed by atoms with Crippen LogP contribution in [-0.4, -0.2) is 31.1 Å². The molecule has 0 saturated carbocycles. The number of hydrogen-bond acceptors (Lipinski definition) is 3. The van der Waals surface area contributed by atoms with Crippen LogP contribution in [0, 0.1) is 11.3 Å². The average molecular weight is 267 g/mol. The SMILES string of the molecule is CC(C)N(C)CCNc1ccc(C#N)c2ccccc12. The number of nitrogens with one attached hydrogen (secondary N) is 1. The molecule has 20 heavy (non-hydrogen) atoms. The van der Waals surface area contributed by atoms with Crippen LogP contribution in [0.25, 0.3) is 10.8 Å². The molecule has 0 aliphatic rings. The summed E-state index contributed by atoms with van der Waals surface area (Å²) in [6.45, 7) is 6.27. The molecular weight excluding hydrogens is 246 g/mol. The van der Waals surface area contributed by atoms with Gasteiger partial charge in [-0.2, -0.15) is 5.26 Å². The van der Waals surface area contributed by atoms with Gasteiger partial charge < -0.3 is 10.2 Å². The second kappa shape index (κ2) is 6.40. The zero-order valence-corrected chi connectivity index (χ0v) is 12.4. The molecule has 0 radical (unpaired) electrons. The second-order valence-electron chi connectivity index (χ2n) is 5.32. The van der Waals surface area contributed by atoms with Crippen molar-refractivity contribution in [3.05, 3.63) is 42.0 Å². The topological polar surface area (TPSA) is 39.1 Å². The molecule has 0 saturated heterocycles. The summed E-state index contributed by atoms with van der Waals surface area (Å²) < 4.78 is 0. The minimum atomic E-state index is 0.550. The first-order chi connectivity index (χ1) is 9.63. The van der Waals surface area contributed by atoms with Crippen LogP contribution in [0.3, 0.4) is 0 Å². The molecule has 0 aliphatic heterocycles. The molecule has 0 aromatic heterocycles. The van der Waals surface area contributed by atoms with E-state index < -0.39 is 0 Å². The van der Waals surface area contributed by atoms with Gasteiger partial charge in [-0.25, -0.2) is 0 Å². The first-order valence-electron chi connectivity index (χ1n) is 6.99. The van der Waals surface area contributed by atoms with Crippen LogP contribution in [0.15, 0.2) is 36.4 Å². The van der Waals surface area contributed by atoms with Crippen molar-refractivity contribution in [2.45, 2.75) is 19.9 Å². The fourth-order valence-corrected chi connectivity index (χ4v) is 2.18. The van der Waals surface area contributed by atoms with Gasteiger partial charge in [0.25, 0.3) is 0 Å². The third-order valence-corrected chi connectivity index (χ3v) is 3.71. The number of nitriles is 1. The van der Waals surface area contributed by atoms with Crippen molar-refractivity contribution in [3.63, 3.8) is 0 Å². The van der Waals surface area contributed by atoms with Crippen LogP contribution in [-0.2, 0) is 0 Å². The monoisotopic (exact) mass is 267 g/mol. The predicted octanol–water partition coefficient (Wildman–Crippen LogP) is 3.46. The highest BCUT2D eigenvalue weighted by molar-refractivity contribution is 5.97. The molecular formula is C17H21N3. The number of anilines is 1. The van der Waals surface area contributed by atoms with Gasteiger partial charge in [-0.1, -0.05) is 24.3 Å². The lowest BCUT2D eigenvalue weighted by molar-refractivity contribution is 0.284. The third-order valence-electron chi connectivity index (χ3n) is 3.71. The largest absolute Gasteiger partial charge is 0.383 e. The highest BCUT2D eigenvalue weighted by Gasteiger charge is 2.06. The normalized spacial score (nSPS) is 11.0. The summed E-state index contributed by atoms with van der Waals surface area (Å²) in [5.41, 5.74) is 1.82. The lowest BCUT2D eigenvalue weighted by Crippen LogP contribution is -2.31. The lowest BCUT2D eigenvalue weighted by atomic mass is 10.0. The van der Waals surface area contributed by atoms with Crippen molar-refractivity contribution >= 4 is 16.5 Å². The maximum atomic E-state index is 9.16. The molecule has 0 atom stereocenters. The quantitative estimate of drug-likeness (QED) is 0.901. The van der Waals surface area contributed by atoms with Crippen molar-refractivity contribution in [2.24, 2.45) is 0 Å². The summed E-state index contributed by atoms with van der Waals surface area (Å²) in [4.78, 5) is 2.30. The van der Waals surface area contributed by atoms with Crippen molar-refractivity contribution in [1.82, 2.24) is 4.90 Å². The van der Waals surface area contributed by atoms with Crippen LogP contribution in [0.4, 0.5) is 5.69 Å². The minimum Gasteiger partial charge on any atom is -0.383 e. The smallest absolute Gasteiger partial charge is 0.0998 e. The first-order valence-corrected chi connectivity index (χ1v) is 6.99. The summed E-state index contributed by atoms with van der Waals surface area (Å²) in [6, 6.07) is 14.7. The molecule has 2 aromatic carbocycles. The van der Waals surface area contributed by atoms with E-state index in [2.05, 4.69) is 43.2 Å². The summed E-state index contributed by atoms with van der Waals surface area (Å²) in [5.74, 6) is 0. The summed E-state index contributed by atoms with van der Waals surface area (Å²) in [7, 11) is 2.13. The summed E-state index contributed by atoms with van der Waals surface area (Å²) in [6.07, 6.45) is 0. The van der Waals surface area contributed by atoms with Gasteiger partial charge in [0, 0.05) is 35.6 Å². The summed E-state index contributed by atoms with van der Waals surface area (Å²) in [5, 5.41) is 14.8. The maximum absolute atomic E-state index is 9.16. The zero-order chi connectivity index (χ0) is 14.5. The van der Waals surface area contributed by atoms with Crippen molar-refractivity contribution in [3.8, 4) is 6.07 Å². The fourth-order valence-electron chi connectivity index (χ4n) is 2.18. The van der Waals surface area contributed by atoms with E-state index in [9.17, 15) is 0 Å². The average Bonchev–Trinajstić information content (AvgIpc) is 2.47. The van der Waals surface area contributed by atoms with E-state index in [1.54, 1.807) is 0 Å². The van der Waals surface area contributed by atoms with Crippen LogP contribution in [0.5, 0.6) is 0 Å². The van der Waals surface area contributed by atoms with E-state index in [0.29, 0.717) is 6.04 Å². The molecule has 3 heteroatoms. The van der Waals surface area contributed by atoms with Gasteiger partial charge in [0.1, 0.15) is 0 Å². The molecule has 0 fully saturated rings. The van der Waals surface area contributed by atoms with Crippen LogP contribution < -0.4 is 5.32 Å². The van der Waals surface area contributed by atoms with Crippen LogP contribution in [0.2, 0.25) is 0 Å². The molecule has 3 nitrogen and oxygen atoms in total. The van der Waals surface area contributed by atoms with Crippen molar-refractivity contribution < 1.29 is 0 Å². The fraction of sp³-hybridized carbons (Fsp3) is 0.353. The Morgan fingerprint density at radius 3 is 2.50 bits per heavy atom. The van der Waals surface area contributed by atoms with E-state index in [1.807, 2.05) is 30.3 Å². The molecule has 0 amide bonds. The Bertz CT molecular complexity index is 626. The molecule has 0 aliphatic carbocycles. The van der Waals surface area contributed by atoms with Crippen molar-refractivity contribution in [1.29, 1.82) is 5.26 Å². The Balaban J connectivity index is 2.17. The molecule has 2 rings (SSSR count). The molecule has 0 spiro atoms. The van der Waals surface area contributed by atoms with E-state index in [-0.39, 0.29) is 0 Å². The Morgan fingerprint density at radius 2 is 1.85 bits per heavy atom. The van der Waals surface area contributed by atoms with Gasteiger partial charge in [0.15, 0.2) is 0 Å². The first kappa shape index (κ1) is 14.4. The van der Waals surface area contributed by atoms with Gasteiger partial charge in [-0.15, -0.1) is 0 Å². The number of nitrogens with zero attached hydrogens (tertiary/aromatic N) is 2. The Labute approximate surface area is 120 Å². The van der Waals surface area contributed by atoms with Gasteiger partial charge >= 0.3 is 0 Å². The predicted molar refractivity (Wildman–Crippen MR) is 84.9 cm³/mol. The number of benzene rings is 2. The van der Waals surface area contributed by atoms with Gasteiger partial charge in [-0.3, -0.25) is 0 Å². The molecule has 0 bridgehead atoms. The highest BCUT2D eigenvalue weighted by atomic mass is 15.1. The van der Waals surface area contributed by atoms with E-state index in [4.69, 9.17) is 5.26 Å². The third kappa shape index (κ3) is 3.09. The van der Waals surface area contributed by atoms with Gasteiger partial charge in [0.2, 0.25) is 0 Å². The molecule has 2 aromatic rings. The summed E-state index contributed by atoms with van der Waals surface area (Å²) >= 11 is 0. The number of likely N-dealkylation sites (N-methyl/N-ethyl adjacent to an activating group) is 1. The van der Waals surface area contributed by atoms with Crippen molar-refractivity contribution in [2.75, 3.05) is 25.5 Å². The minimum absolute atomic E-state index is 0.550. The molecule has 0 unspecified atom stereocenters. The number of rotatable bonds is 5. The zero-order valence-electron chi connectivity index (χ0n) is 12.4.